The number of aliphatic hydroxyl groups is 1. The van der Waals surface area contributed by atoms with Gasteiger partial charge in [0, 0.05) is 12.0 Å². The van der Waals surface area contributed by atoms with Crippen molar-refractivity contribution in [1.29, 1.82) is 0 Å². The van der Waals surface area contributed by atoms with Crippen molar-refractivity contribution in [3.8, 4) is 0 Å². The molecular formula is C11H17ClN2OS. The van der Waals surface area contributed by atoms with E-state index in [-0.39, 0.29) is 5.41 Å². The molecule has 1 aromatic rings. The summed E-state index contributed by atoms with van der Waals surface area (Å²) in [4.78, 5) is 4.16. The van der Waals surface area contributed by atoms with Crippen LogP contribution < -0.4 is 5.73 Å². The molecule has 0 amide bonds. The summed E-state index contributed by atoms with van der Waals surface area (Å²) in [6.07, 6.45) is 4.10. The summed E-state index contributed by atoms with van der Waals surface area (Å²) < 4.78 is 0.618. The number of aromatic nitrogens is 1. The first-order valence-corrected chi connectivity index (χ1v) is 6.76. The highest BCUT2D eigenvalue weighted by Crippen LogP contribution is 2.49. The van der Waals surface area contributed by atoms with Crippen molar-refractivity contribution in [3.63, 3.8) is 0 Å². The van der Waals surface area contributed by atoms with Crippen LogP contribution in [-0.4, -0.2) is 16.6 Å². The molecule has 2 rings (SSSR count). The van der Waals surface area contributed by atoms with Crippen molar-refractivity contribution >= 4 is 22.9 Å². The first kappa shape index (κ1) is 12.3. The van der Waals surface area contributed by atoms with Gasteiger partial charge in [-0.15, -0.1) is 11.3 Å². The maximum absolute atomic E-state index is 10.4. The van der Waals surface area contributed by atoms with Gasteiger partial charge in [0.15, 0.2) is 0 Å². The molecule has 1 saturated carbocycles. The lowest BCUT2D eigenvalue weighted by Crippen LogP contribution is -2.34. The lowest BCUT2D eigenvalue weighted by molar-refractivity contribution is 0.0306. The van der Waals surface area contributed by atoms with Crippen LogP contribution in [0.25, 0.3) is 0 Å². The molecule has 1 fully saturated rings. The first-order valence-electron chi connectivity index (χ1n) is 5.57. The summed E-state index contributed by atoms with van der Waals surface area (Å²) in [5.74, 6) is 0.633. The summed E-state index contributed by atoms with van der Waals surface area (Å²) in [5.41, 5.74) is 5.67. The van der Waals surface area contributed by atoms with E-state index in [0.29, 0.717) is 21.8 Å². The van der Waals surface area contributed by atoms with Crippen LogP contribution >= 0.6 is 22.9 Å². The number of nitrogens with zero attached hydrogens (tertiary/aromatic N) is 1. The van der Waals surface area contributed by atoms with Gasteiger partial charge in [-0.3, -0.25) is 0 Å². The van der Waals surface area contributed by atoms with Crippen molar-refractivity contribution in [3.05, 3.63) is 15.5 Å². The zero-order valence-electron chi connectivity index (χ0n) is 9.32. The van der Waals surface area contributed by atoms with E-state index in [0.717, 1.165) is 19.3 Å². The maximum atomic E-state index is 10.4. The van der Waals surface area contributed by atoms with Crippen LogP contribution in [0.15, 0.2) is 6.20 Å². The van der Waals surface area contributed by atoms with Crippen molar-refractivity contribution in [2.45, 2.75) is 32.3 Å². The van der Waals surface area contributed by atoms with Crippen LogP contribution in [0.2, 0.25) is 4.34 Å². The van der Waals surface area contributed by atoms with Crippen LogP contribution in [0.3, 0.4) is 0 Å². The van der Waals surface area contributed by atoms with Gasteiger partial charge in [0.1, 0.15) is 15.4 Å². The zero-order valence-corrected chi connectivity index (χ0v) is 10.9. The molecule has 1 aliphatic rings. The Balaban J connectivity index is 2.22. The fourth-order valence-corrected chi connectivity index (χ4v) is 3.69. The number of rotatable bonds is 3. The zero-order chi connectivity index (χ0) is 11.8. The van der Waals surface area contributed by atoms with Crippen LogP contribution in [0.4, 0.5) is 0 Å². The van der Waals surface area contributed by atoms with Crippen molar-refractivity contribution in [2.75, 3.05) is 6.54 Å². The lowest BCUT2D eigenvalue weighted by Gasteiger charge is -2.31. The average Bonchev–Trinajstić information content (AvgIpc) is 2.85. The van der Waals surface area contributed by atoms with E-state index < -0.39 is 6.10 Å². The molecule has 0 radical (unpaired) electrons. The Morgan fingerprint density at radius 2 is 2.56 bits per heavy atom. The van der Waals surface area contributed by atoms with Gasteiger partial charge >= 0.3 is 0 Å². The summed E-state index contributed by atoms with van der Waals surface area (Å²) in [5, 5.41) is 11.1. The monoisotopic (exact) mass is 260 g/mol. The Labute approximate surface area is 105 Å². The minimum atomic E-state index is -0.569. The largest absolute Gasteiger partial charge is 0.385 e. The molecule has 5 heteroatoms. The van der Waals surface area contributed by atoms with E-state index in [9.17, 15) is 5.11 Å². The van der Waals surface area contributed by atoms with Crippen molar-refractivity contribution in [1.82, 2.24) is 4.98 Å². The lowest BCUT2D eigenvalue weighted by atomic mass is 9.80. The molecule has 1 heterocycles. The number of hydrogen-bond donors (Lipinski definition) is 2. The second-order valence-electron chi connectivity index (χ2n) is 4.82. The van der Waals surface area contributed by atoms with E-state index in [1.54, 1.807) is 6.20 Å². The van der Waals surface area contributed by atoms with Gasteiger partial charge in [-0.2, -0.15) is 0 Å². The number of thiazole rings is 1. The Morgan fingerprint density at radius 3 is 3.00 bits per heavy atom. The number of nitrogens with two attached hydrogens (primary N) is 1. The molecule has 3 unspecified atom stereocenters. The highest BCUT2D eigenvalue weighted by atomic mass is 35.5. The predicted molar refractivity (Wildman–Crippen MR) is 66.6 cm³/mol. The smallest absolute Gasteiger partial charge is 0.123 e. The summed E-state index contributed by atoms with van der Waals surface area (Å²) in [6.45, 7) is 2.72. The fourth-order valence-electron chi connectivity index (χ4n) is 2.63. The van der Waals surface area contributed by atoms with E-state index in [2.05, 4.69) is 11.9 Å². The highest BCUT2D eigenvalue weighted by molar-refractivity contribution is 7.15. The molecule has 16 heavy (non-hydrogen) atoms. The number of halogens is 1. The fraction of sp³-hybridized carbons (Fsp3) is 0.727. The van der Waals surface area contributed by atoms with Crippen LogP contribution in [0.1, 0.15) is 37.3 Å². The molecule has 3 nitrogen and oxygen atoms in total. The molecule has 0 aromatic carbocycles. The summed E-state index contributed by atoms with van der Waals surface area (Å²) in [7, 11) is 0. The molecule has 3 atom stereocenters. The Kier molecular flexibility index (Phi) is 3.54. The van der Waals surface area contributed by atoms with E-state index in [1.807, 2.05) is 0 Å². The Morgan fingerprint density at radius 1 is 1.81 bits per heavy atom. The SMILES string of the molecule is CC1CCC(CN)(C(O)c2ncc(Cl)s2)C1. The third kappa shape index (κ3) is 2.12. The minimum Gasteiger partial charge on any atom is -0.385 e. The standard InChI is InChI=1S/C11H17ClN2OS/c1-7-2-3-11(4-7,6-13)9(15)10-14-5-8(12)16-10/h5,7,9,15H,2-4,6,13H2,1H3. The van der Waals surface area contributed by atoms with Gasteiger partial charge in [-0.25, -0.2) is 4.98 Å². The second-order valence-corrected chi connectivity index (χ2v) is 6.51. The average molecular weight is 261 g/mol. The van der Waals surface area contributed by atoms with Gasteiger partial charge < -0.3 is 10.8 Å². The van der Waals surface area contributed by atoms with Crippen molar-refractivity contribution in [2.24, 2.45) is 17.1 Å². The quantitative estimate of drug-likeness (QED) is 0.878. The van der Waals surface area contributed by atoms with Gasteiger partial charge in [0.05, 0.1) is 6.20 Å². The Hall–Kier alpha value is -0.160. The van der Waals surface area contributed by atoms with Gasteiger partial charge in [0.25, 0.3) is 0 Å². The van der Waals surface area contributed by atoms with Gasteiger partial charge in [0.2, 0.25) is 0 Å². The van der Waals surface area contributed by atoms with E-state index in [4.69, 9.17) is 17.3 Å². The normalized spacial score (nSPS) is 31.9. The molecule has 1 aliphatic carbocycles. The molecule has 3 N–H and O–H groups in total. The van der Waals surface area contributed by atoms with E-state index in [1.165, 1.54) is 11.3 Å². The first-order chi connectivity index (χ1) is 7.57. The number of aliphatic hydroxyl groups excluding tert-OH is 1. The minimum absolute atomic E-state index is 0.194. The highest BCUT2D eigenvalue weighted by Gasteiger charge is 2.44. The maximum Gasteiger partial charge on any atom is 0.123 e. The summed E-state index contributed by atoms with van der Waals surface area (Å²) >= 11 is 7.19. The third-order valence-corrected chi connectivity index (χ3v) is 4.77. The molecule has 90 valence electrons. The van der Waals surface area contributed by atoms with E-state index >= 15 is 0 Å². The molecule has 0 aliphatic heterocycles. The van der Waals surface area contributed by atoms with Crippen LogP contribution in [0, 0.1) is 11.3 Å². The predicted octanol–water partition coefficient (Wildman–Crippen LogP) is 2.60. The Bertz CT molecular complexity index is 371. The summed E-state index contributed by atoms with van der Waals surface area (Å²) in [6, 6.07) is 0. The molecule has 1 aromatic heterocycles. The van der Waals surface area contributed by atoms with Gasteiger partial charge in [-0.05, 0) is 18.8 Å². The number of hydrogen-bond acceptors (Lipinski definition) is 4. The second kappa shape index (κ2) is 4.61. The molecule has 0 saturated heterocycles. The van der Waals surface area contributed by atoms with Gasteiger partial charge in [-0.1, -0.05) is 24.9 Å². The van der Waals surface area contributed by atoms with Crippen LogP contribution in [-0.2, 0) is 0 Å². The topological polar surface area (TPSA) is 59.1 Å². The van der Waals surface area contributed by atoms with Crippen molar-refractivity contribution < 1.29 is 5.11 Å². The molecule has 0 bridgehead atoms. The molecule has 0 spiro atoms. The third-order valence-electron chi connectivity index (χ3n) is 3.61. The van der Waals surface area contributed by atoms with Crippen LogP contribution in [0.5, 0.6) is 0 Å². The molecular weight excluding hydrogens is 244 g/mol.